The molecule has 13 heavy (non-hydrogen) atoms. The summed E-state index contributed by atoms with van der Waals surface area (Å²) >= 11 is 2.20. The molecule has 0 aromatic heterocycles. The molecule has 0 aliphatic rings. The number of hydrogen-bond donors (Lipinski definition) is 1. The van der Waals surface area contributed by atoms with Crippen molar-refractivity contribution in [2.75, 3.05) is 6.54 Å². The Kier molecular flexibility index (Phi) is 4.58. The lowest BCUT2D eigenvalue weighted by Crippen LogP contribution is -2.20. The van der Waals surface area contributed by atoms with Crippen LogP contribution in [0.25, 0.3) is 0 Å². The summed E-state index contributed by atoms with van der Waals surface area (Å²) in [6, 6.07) is 7.78. The van der Waals surface area contributed by atoms with E-state index in [2.05, 4.69) is 27.9 Å². The van der Waals surface area contributed by atoms with Gasteiger partial charge in [-0.2, -0.15) is 0 Å². The topological polar surface area (TPSA) is 12.0 Å². The van der Waals surface area contributed by atoms with Gasteiger partial charge in [-0.05, 0) is 40.3 Å². The van der Waals surface area contributed by atoms with Gasteiger partial charge in [0.25, 0.3) is 6.43 Å². The zero-order valence-electron chi connectivity index (χ0n) is 6.93. The second-order valence-electron chi connectivity index (χ2n) is 2.65. The second kappa shape index (κ2) is 5.49. The SMILES string of the molecule is FC(F)CNCc1ccc(I)cc1. The Balaban J connectivity index is 2.33. The Morgan fingerprint density at radius 2 is 1.85 bits per heavy atom. The number of halogens is 3. The highest BCUT2D eigenvalue weighted by molar-refractivity contribution is 14.1. The smallest absolute Gasteiger partial charge is 0.250 e. The van der Waals surface area contributed by atoms with Gasteiger partial charge < -0.3 is 5.32 Å². The van der Waals surface area contributed by atoms with Crippen molar-refractivity contribution >= 4 is 22.6 Å². The Hall–Kier alpha value is -0.230. The molecule has 0 saturated heterocycles. The molecule has 0 radical (unpaired) electrons. The van der Waals surface area contributed by atoms with Crippen molar-refractivity contribution in [3.05, 3.63) is 33.4 Å². The summed E-state index contributed by atoms with van der Waals surface area (Å²) in [5, 5.41) is 2.67. The van der Waals surface area contributed by atoms with Crippen molar-refractivity contribution in [1.82, 2.24) is 5.32 Å². The summed E-state index contributed by atoms with van der Waals surface area (Å²) < 4.78 is 24.6. The van der Waals surface area contributed by atoms with E-state index in [0.29, 0.717) is 6.54 Å². The van der Waals surface area contributed by atoms with Crippen molar-refractivity contribution in [2.45, 2.75) is 13.0 Å². The Bertz CT molecular complexity index is 248. The van der Waals surface area contributed by atoms with Gasteiger partial charge >= 0.3 is 0 Å². The largest absolute Gasteiger partial charge is 0.307 e. The van der Waals surface area contributed by atoms with Crippen molar-refractivity contribution in [1.29, 1.82) is 0 Å². The van der Waals surface area contributed by atoms with Crippen LogP contribution in [-0.2, 0) is 6.54 Å². The van der Waals surface area contributed by atoms with Crippen molar-refractivity contribution in [3.63, 3.8) is 0 Å². The minimum Gasteiger partial charge on any atom is -0.307 e. The van der Waals surface area contributed by atoms with Crippen LogP contribution in [0.1, 0.15) is 5.56 Å². The lowest BCUT2D eigenvalue weighted by molar-refractivity contribution is 0.145. The van der Waals surface area contributed by atoms with Crippen LogP contribution < -0.4 is 5.32 Å². The van der Waals surface area contributed by atoms with E-state index in [-0.39, 0.29) is 6.54 Å². The van der Waals surface area contributed by atoms with E-state index in [4.69, 9.17) is 0 Å². The molecule has 0 heterocycles. The Labute approximate surface area is 89.7 Å². The number of alkyl halides is 2. The number of hydrogen-bond acceptors (Lipinski definition) is 1. The first-order valence-electron chi connectivity index (χ1n) is 3.92. The maximum atomic E-state index is 11.7. The van der Waals surface area contributed by atoms with E-state index in [0.717, 1.165) is 9.13 Å². The first-order valence-corrected chi connectivity index (χ1v) is 4.99. The number of nitrogens with one attached hydrogen (secondary N) is 1. The molecule has 1 nitrogen and oxygen atoms in total. The molecule has 4 heteroatoms. The Morgan fingerprint density at radius 1 is 1.23 bits per heavy atom. The van der Waals surface area contributed by atoms with E-state index in [9.17, 15) is 8.78 Å². The van der Waals surface area contributed by atoms with Crippen LogP contribution in [0.4, 0.5) is 8.78 Å². The monoisotopic (exact) mass is 297 g/mol. The van der Waals surface area contributed by atoms with E-state index < -0.39 is 6.43 Å². The molecule has 1 N–H and O–H groups in total. The molecule has 0 saturated carbocycles. The van der Waals surface area contributed by atoms with E-state index >= 15 is 0 Å². The molecule has 0 aliphatic carbocycles. The molecule has 0 spiro atoms. The fourth-order valence-corrected chi connectivity index (χ4v) is 1.29. The predicted octanol–water partition coefficient (Wildman–Crippen LogP) is 2.65. The fraction of sp³-hybridized carbons (Fsp3) is 0.333. The molecule has 1 rings (SSSR count). The molecule has 0 atom stereocenters. The maximum Gasteiger partial charge on any atom is 0.250 e. The molecule has 1 aromatic carbocycles. The zero-order valence-corrected chi connectivity index (χ0v) is 9.09. The van der Waals surface area contributed by atoms with Crippen LogP contribution in [0.15, 0.2) is 24.3 Å². The van der Waals surface area contributed by atoms with Crippen LogP contribution in [0, 0.1) is 3.57 Å². The first kappa shape index (κ1) is 10.8. The van der Waals surface area contributed by atoms with Gasteiger partial charge in [-0.3, -0.25) is 0 Å². The third-order valence-corrected chi connectivity index (χ3v) is 2.26. The van der Waals surface area contributed by atoms with Crippen molar-refractivity contribution < 1.29 is 8.78 Å². The first-order chi connectivity index (χ1) is 6.18. The van der Waals surface area contributed by atoms with Crippen LogP contribution in [0.3, 0.4) is 0 Å². The molecule has 1 aromatic rings. The molecule has 0 unspecified atom stereocenters. The normalized spacial score (nSPS) is 10.8. The minimum absolute atomic E-state index is 0.244. The van der Waals surface area contributed by atoms with Crippen LogP contribution in [-0.4, -0.2) is 13.0 Å². The highest BCUT2D eigenvalue weighted by atomic mass is 127. The van der Waals surface area contributed by atoms with Crippen LogP contribution in [0.2, 0.25) is 0 Å². The lowest BCUT2D eigenvalue weighted by atomic mass is 10.2. The quantitative estimate of drug-likeness (QED) is 0.843. The highest BCUT2D eigenvalue weighted by Gasteiger charge is 2.00. The van der Waals surface area contributed by atoms with Crippen LogP contribution in [0.5, 0.6) is 0 Å². The van der Waals surface area contributed by atoms with Gasteiger partial charge in [0.15, 0.2) is 0 Å². The summed E-state index contributed by atoms with van der Waals surface area (Å²) in [5.41, 5.74) is 1.03. The molecule has 72 valence electrons. The van der Waals surface area contributed by atoms with Gasteiger partial charge in [0, 0.05) is 10.1 Å². The summed E-state index contributed by atoms with van der Waals surface area (Å²) in [5.74, 6) is 0. The summed E-state index contributed by atoms with van der Waals surface area (Å²) in [6.45, 7) is 0.257. The average molecular weight is 297 g/mol. The number of rotatable bonds is 4. The molecule has 0 fully saturated rings. The number of benzene rings is 1. The van der Waals surface area contributed by atoms with E-state index in [1.165, 1.54) is 0 Å². The minimum atomic E-state index is -2.27. The van der Waals surface area contributed by atoms with Gasteiger partial charge in [0.2, 0.25) is 0 Å². The van der Waals surface area contributed by atoms with Gasteiger partial charge in [-0.1, -0.05) is 12.1 Å². The summed E-state index contributed by atoms with van der Waals surface area (Å²) in [6.07, 6.45) is -2.27. The standard InChI is InChI=1S/C9H10F2IN/c10-9(11)6-13-5-7-1-3-8(12)4-2-7/h1-4,9,13H,5-6H2. The van der Waals surface area contributed by atoms with Gasteiger partial charge in [-0.15, -0.1) is 0 Å². The van der Waals surface area contributed by atoms with E-state index in [1.807, 2.05) is 24.3 Å². The van der Waals surface area contributed by atoms with Crippen LogP contribution >= 0.6 is 22.6 Å². The predicted molar refractivity (Wildman–Crippen MR) is 56.9 cm³/mol. The maximum absolute atomic E-state index is 11.7. The third-order valence-electron chi connectivity index (χ3n) is 1.54. The average Bonchev–Trinajstić information content (AvgIpc) is 2.08. The van der Waals surface area contributed by atoms with Crippen molar-refractivity contribution in [3.8, 4) is 0 Å². The highest BCUT2D eigenvalue weighted by Crippen LogP contribution is 2.06. The zero-order chi connectivity index (χ0) is 9.68. The molecular weight excluding hydrogens is 287 g/mol. The van der Waals surface area contributed by atoms with Gasteiger partial charge in [0.1, 0.15) is 0 Å². The molecular formula is C9H10F2IN. The second-order valence-corrected chi connectivity index (χ2v) is 3.89. The fourth-order valence-electron chi connectivity index (χ4n) is 0.928. The molecule has 0 amide bonds. The van der Waals surface area contributed by atoms with E-state index in [1.54, 1.807) is 0 Å². The molecule has 0 aliphatic heterocycles. The van der Waals surface area contributed by atoms with Gasteiger partial charge in [-0.25, -0.2) is 8.78 Å². The summed E-state index contributed by atoms with van der Waals surface area (Å²) in [4.78, 5) is 0. The lowest BCUT2D eigenvalue weighted by Gasteiger charge is -2.03. The van der Waals surface area contributed by atoms with Crippen molar-refractivity contribution in [2.24, 2.45) is 0 Å². The summed E-state index contributed by atoms with van der Waals surface area (Å²) in [7, 11) is 0. The molecule has 0 bridgehead atoms. The Morgan fingerprint density at radius 3 is 2.38 bits per heavy atom. The third kappa shape index (κ3) is 4.52. The van der Waals surface area contributed by atoms with Gasteiger partial charge in [0.05, 0.1) is 6.54 Å².